The number of benzene rings is 2. The number of aromatic nitrogens is 1. The zero-order valence-corrected chi connectivity index (χ0v) is 23.7. The number of nitrogens with zero attached hydrogens (tertiary/aromatic N) is 2. The fraction of sp³-hybridized carbons (Fsp3) is 0.414. The second kappa shape index (κ2) is 11.4. The number of hydrogen-bond acceptors (Lipinski definition) is 5. The largest absolute Gasteiger partial charge is 0.476 e. The predicted octanol–water partition coefficient (Wildman–Crippen LogP) is 6.25. The van der Waals surface area contributed by atoms with Gasteiger partial charge in [0.15, 0.2) is 5.60 Å². The number of carbonyl (C=O) groups is 2. The number of ether oxygens (including phenoxy) is 1. The first kappa shape index (κ1) is 28.0. The van der Waals surface area contributed by atoms with Crippen LogP contribution in [0.2, 0.25) is 5.02 Å². The molecule has 1 aromatic heterocycles. The first-order valence-electron chi connectivity index (χ1n) is 12.7. The molecule has 0 aliphatic carbocycles. The van der Waals surface area contributed by atoms with E-state index in [4.69, 9.17) is 16.3 Å². The van der Waals surface area contributed by atoms with Gasteiger partial charge in [0, 0.05) is 29.9 Å². The van der Waals surface area contributed by atoms with Crippen molar-refractivity contribution >= 4 is 34.8 Å². The molecule has 38 heavy (non-hydrogen) atoms. The van der Waals surface area contributed by atoms with E-state index in [0.717, 1.165) is 23.4 Å². The van der Waals surface area contributed by atoms with E-state index in [1.807, 2.05) is 30.9 Å². The third-order valence-corrected chi connectivity index (χ3v) is 7.93. The molecule has 6 nitrogen and oxygen atoms in total. The number of para-hydroxylation sites is 1. The summed E-state index contributed by atoms with van der Waals surface area (Å²) in [6, 6.07) is 13.4. The van der Waals surface area contributed by atoms with Gasteiger partial charge < -0.3 is 15.0 Å². The number of amides is 2. The second-order valence-corrected chi connectivity index (χ2v) is 12.1. The van der Waals surface area contributed by atoms with Crippen molar-refractivity contribution in [3.63, 3.8) is 0 Å². The molecule has 1 saturated heterocycles. The van der Waals surface area contributed by atoms with Gasteiger partial charge in [0.25, 0.3) is 11.8 Å². The molecule has 9 heteroatoms. The molecule has 0 spiro atoms. The average molecular weight is 558 g/mol. The minimum Gasteiger partial charge on any atom is -0.476 e. The van der Waals surface area contributed by atoms with Crippen LogP contribution in [0.4, 0.5) is 4.39 Å². The van der Waals surface area contributed by atoms with Gasteiger partial charge in [-0.25, -0.2) is 9.37 Å². The first-order valence-corrected chi connectivity index (χ1v) is 13.9. The number of likely N-dealkylation sites (tertiary alicyclic amines) is 1. The summed E-state index contributed by atoms with van der Waals surface area (Å²) in [5.74, 6) is 0.0707. The lowest BCUT2D eigenvalue weighted by Gasteiger charge is -2.36. The van der Waals surface area contributed by atoms with Crippen molar-refractivity contribution in [3.05, 3.63) is 81.0 Å². The second-order valence-electron chi connectivity index (χ2n) is 10.8. The van der Waals surface area contributed by atoms with Gasteiger partial charge in [-0.15, -0.1) is 11.3 Å². The van der Waals surface area contributed by atoms with Crippen molar-refractivity contribution in [1.82, 2.24) is 15.2 Å². The molecule has 0 bridgehead atoms. The monoisotopic (exact) mass is 557 g/mol. The fourth-order valence-electron chi connectivity index (χ4n) is 4.66. The lowest BCUT2D eigenvalue weighted by atomic mass is 9.94. The standard InChI is InChI=1S/C29H33ClFN3O3S/c1-28(2,17-19-9-11-21(31)12-10-19)33-25(35)23-18-38-26(32-23)20-13-15-34(16-14-20)27(36)29(3,4)37-24-8-6-5-7-22(24)30/h5-12,18,20H,13-17H2,1-4H3,(H,33,35). The van der Waals surface area contributed by atoms with Crippen LogP contribution >= 0.6 is 22.9 Å². The molecule has 0 saturated carbocycles. The Labute approximate surface area is 232 Å². The summed E-state index contributed by atoms with van der Waals surface area (Å²) in [5.41, 5.74) is -0.240. The lowest BCUT2D eigenvalue weighted by Crippen LogP contribution is -2.51. The molecule has 0 atom stereocenters. The van der Waals surface area contributed by atoms with Crippen molar-refractivity contribution < 1.29 is 18.7 Å². The molecule has 2 amide bonds. The van der Waals surface area contributed by atoms with Crippen molar-refractivity contribution in [1.29, 1.82) is 0 Å². The van der Waals surface area contributed by atoms with Crippen LogP contribution < -0.4 is 10.1 Å². The highest BCUT2D eigenvalue weighted by Gasteiger charge is 2.37. The summed E-state index contributed by atoms with van der Waals surface area (Å²) in [6.45, 7) is 8.56. The predicted molar refractivity (Wildman–Crippen MR) is 148 cm³/mol. The van der Waals surface area contributed by atoms with Gasteiger partial charge in [-0.1, -0.05) is 35.9 Å². The minimum absolute atomic E-state index is 0.0848. The Kier molecular flexibility index (Phi) is 8.43. The van der Waals surface area contributed by atoms with Gasteiger partial charge in [0.2, 0.25) is 0 Å². The Morgan fingerprint density at radius 2 is 1.76 bits per heavy atom. The number of halogens is 2. The quantitative estimate of drug-likeness (QED) is 0.355. The van der Waals surface area contributed by atoms with Gasteiger partial charge in [-0.2, -0.15) is 0 Å². The molecule has 2 aromatic carbocycles. The normalized spacial score (nSPS) is 14.8. The summed E-state index contributed by atoms with van der Waals surface area (Å²) in [6.07, 6.45) is 2.09. The van der Waals surface area contributed by atoms with Crippen molar-refractivity contribution in [2.75, 3.05) is 13.1 Å². The van der Waals surface area contributed by atoms with Crippen LogP contribution in [0.1, 0.15) is 67.5 Å². The summed E-state index contributed by atoms with van der Waals surface area (Å²) >= 11 is 7.69. The maximum absolute atomic E-state index is 13.2. The van der Waals surface area contributed by atoms with E-state index in [0.29, 0.717) is 36.0 Å². The molecule has 2 heterocycles. The first-order chi connectivity index (χ1) is 17.9. The molecule has 0 unspecified atom stereocenters. The fourth-order valence-corrected chi connectivity index (χ4v) is 5.81. The summed E-state index contributed by atoms with van der Waals surface area (Å²) in [5, 5.41) is 6.21. The van der Waals surface area contributed by atoms with E-state index in [-0.39, 0.29) is 23.5 Å². The molecule has 1 aliphatic heterocycles. The van der Waals surface area contributed by atoms with Gasteiger partial charge in [0.1, 0.15) is 17.3 Å². The molecule has 1 aliphatic rings. The van der Waals surface area contributed by atoms with Crippen LogP contribution in [0, 0.1) is 5.82 Å². The van der Waals surface area contributed by atoms with Crippen LogP contribution in [0.15, 0.2) is 53.9 Å². The number of piperidine rings is 1. The zero-order valence-electron chi connectivity index (χ0n) is 22.1. The summed E-state index contributed by atoms with van der Waals surface area (Å²) in [7, 11) is 0. The molecule has 1 fully saturated rings. The summed E-state index contributed by atoms with van der Waals surface area (Å²) < 4.78 is 19.2. The maximum Gasteiger partial charge on any atom is 0.271 e. The number of hydrogen-bond donors (Lipinski definition) is 1. The Morgan fingerprint density at radius 3 is 2.42 bits per heavy atom. The van der Waals surface area contributed by atoms with Crippen LogP contribution in [-0.2, 0) is 11.2 Å². The Balaban J connectivity index is 1.31. The Bertz CT molecular complexity index is 1280. The van der Waals surface area contributed by atoms with Crippen LogP contribution in [0.5, 0.6) is 5.75 Å². The van der Waals surface area contributed by atoms with Crippen LogP contribution in [-0.4, -0.2) is 45.9 Å². The topological polar surface area (TPSA) is 71.5 Å². The number of rotatable bonds is 8. The molecular formula is C29H33ClFN3O3S. The zero-order chi connectivity index (χ0) is 27.5. The average Bonchev–Trinajstić information content (AvgIpc) is 3.37. The highest BCUT2D eigenvalue weighted by atomic mass is 35.5. The van der Waals surface area contributed by atoms with Gasteiger partial charge in [-0.05, 0) is 76.8 Å². The van der Waals surface area contributed by atoms with E-state index in [1.165, 1.54) is 23.5 Å². The van der Waals surface area contributed by atoms with Gasteiger partial charge in [0.05, 0.1) is 10.0 Å². The third kappa shape index (κ3) is 6.91. The molecular weight excluding hydrogens is 525 g/mol. The van der Waals surface area contributed by atoms with Crippen molar-refractivity contribution in [3.8, 4) is 5.75 Å². The molecule has 0 radical (unpaired) electrons. The van der Waals surface area contributed by atoms with Crippen LogP contribution in [0.3, 0.4) is 0 Å². The molecule has 202 valence electrons. The Hall–Kier alpha value is -2.97. The smallest absolute Gasteiger partial charge is 0.271 e. The highest BCUT2D eigenvalue weighted by molar-refractivity contribution is 7.09. The van der Waals surface area contributed by atoms with E-state index in [9.17, 15) is 14.0 Å². The van der Waals surface area contributed by atoms with E-state index in [1.54, 1.807) is 43.5 Å². The number of carbonyl (C=O) groups excluding carboxylic acids is 2. The lowest BCUT2D eigenvalue weighted by molar-refractivity contribution is -0.146. The van der Waals surface area contributed by atoms with E-state index >= 15 is 0 Å². The van der Waals surface area contributed by atoms with Crippen molar-refractivity contribution in [2.24, 2.45) is 0 Å². The van der Waals surface area contributed by atoms with Crippen molar-refractivity contribution in [2.45, 2.75) is 64.0 Å². The van der Waals surface area contributed by atoms with E-state index in [2.05, 4.69) is 10.3 Å². The SMILES string of the molecule is CC(C)(Cc1ccc(F)cc1)NC(=O)c1csc(C2CCN(C(=O)C(C)(C)Oc3ccccc3Cl)CC2)n1. The summed E-state index contributed by atoms with van der Waals surface area (Å²) in [4.78, 5) is 32.6. The van der Waals surface area contributed by atoms with Crippen LogP contribution in [0.25, 0.3) is 0 Å². The highest BCUT2D eigenvalue weighted by Crippen LogP contribution is 2.33. The van der Waals surface area contributed by atoms with Gasteiger partial charge >= 0.3 is 0 Å². The number of nitrogens with one attached hydrogen (secondary N) is 1. The number of thiazole rings is 1. The molecule has 3 aromatic rings. The molecule has 4 rings (SSSR count). The maximum atomic E-state index is 13.2. The van der Waals surface area contributed by atoms with Gasteiger partial charge in [-0.3, -0.25) is 9.59 Å². The van der Waals surface area contributed by atoms with E-state index < -0.39 is 11.1 Å². The minimum atomic E-state index is -1.05. The molecule has 1 N–H and O–H groups in total. The third-order valence-electron chi connectivity index (χ3n) is 6.61. The Morgan fingerprint density at radius 1 is 1.11 bits per heavy atom.